The van der Waals surface area contributed by atoms with Gasteiger partial charge in [-0.25, -0.2) is 9.37 Å². The van der Waals surface area contributed by atoms with E-state index in [0.29, 0.717) is 40.4 Å². The summed E-state index contributed by atoms with van der Waals surface area (Å²) in [6.45, 7) is 6.72. The number of nitrogens with zero attached hydrogens (tertiary/aromatic N) is 5. The third kappa shape index (κ3) is 3.73. The van der Waals surface area contributed by atoms with E-state index >= 15 is 0 Å². The Morgan fingerprint density at radius 1 is 1.06 bits per heavy atom. The molecule has 0 bridgehead atoms. The highest BCUT2D eigenvalue weighted by atomic mass is 19.1. The Hall–Kier alpha value is -3.36. The molecule has 2 fully saturated rings. The number of hydrogen-bond acceptors (Lipinski definition) is 6. The number of pyridine rings is 1. The predicted octanol–water partition coefficient (Wildman–Crippen LogP) is 4.19. The van der Waals surface area contributed by atoms with Crippen LogP contribution >= 0.6 is 0 Å². The number of hydrogen-bond donors (Lipinski definition) is 1. The van der Waals surface area contributed by atoms with Crippen molar-refractivity contribution in [3.63, 3.8) is 0 Å². The van der Waals surface area contributed by atoms with Gasteiger partial charge in [0.05, 0.1) is 29.8 Å². The number of benzene rings is 1. The van der Waals surface area contributed by atoms with E-state index in [0.717, 1.165) is 37.5 Å². The topological polar surface area (TPSA) is 75.8 Å². The number of imidazole rings is 1. The van der Waals surface area contributed by atoms with Crippen molar-refractivity contribution in [2.45, 2.75) is 38.3 Å². The quantitative estimate of drug-likeness (QED) is 0.493. The molecule has 8 heteroatoms. The molecule has 6 rings (SSSR count). The summed E-state index contributed by atoms with van der Waals surface area (Å²) in [6.07, 6.45) is 5.02. The normalized spacial score (nSPS) is 21.3. The van der Waals surface area contributed by atoms with Crippen molar-refractivity contribution in [1.29, 1.82) is 0 Å². The maximum Gasteiger partial charge on any atom is 0.173 e. The molecule has 2 aliphatic rings. The van der Waals surface area contributed by atoms with E-state index in [2.05, 4.69) is 27.0 Å². The average molecular weight is 460 g/mol. The smallest absolute Gasteiger partial charge is 0.173 e. The van der Waals surface area contributed by atoms with Crippen LogP contribution in [-0.2, 0) is 4.74 Å². The molecule has 0 saturated carbocycles. The number of aryl methyl sites for hydroxylation is 1. The third-order valence-corrected chi connectivity index (χ3v) is 6.94. The van der Waals surface area contributed by atoms with Crippen LogP contribution in [0.1, 0.15) is 30.7 Å². The molecule has 34 heavy (non-hydrogen) atoms. The summed E-state index contributed by atoms with van der Waals surface area (Å²) in [7, 11) is 0. The Balaban J connectivity index is 1.19. The molecule has 2 unspecified atom stereocenters. The number of halogens is 1. The van der Waals surface area contributed by atoms with E-state index < -0.39 is 5.82 Å². The zero-order chi connectivity index (χ0) is 23.4. The number of fused-ring (bicyclic) bond motifs is 1. The fourth-order valence-electron chi connectivity index (χ4n) is 5.02. The summed E-state index contributed by atoms with van der Waals surface area (Å²) >= 11 is 0. The van der Waals surface area contributed by atoms with Crippen molar-refractivity contribution in [3.8, 4) is 28.1 Å². The molecule has 4 aromatic rings. The van der Waals surface area contributed by atoms with E-state index in [4.69, 9.17) is 4.74 Å². The van der Waals surface area contributed by atoms with Crippen LogP contribution in [0.4, 0.5) is 4.39 Å². The highest BCUT2D eigenvalue weighted by molar-refractivity contribution is 5.74. The van der Waals surface area contributed by atoms with Gasteiger partial charge in [0.25, 0.3) is 0 Å². The molecular weight excluding hydrogens is 433 g/mol. The fraction of sp³-hybridized carbons (Fsp3) is 0.346. The number of rotatable bonds is 4. The summed E-state index contributed by atoms with van der Waals surface area (Å²) < 4.78 is 21.8. The maximum atomic E-state index is 14.5. The van der Waals surface area contributed by atoms with Gasteiger partial charge in [-0.2, -0.15) is 10.2 Å². The number of likely N-dealkylation sites (tertiary alicyclic amines) is 1. The molecule has 0 spiro atoms. The predicted molar refractivity (Wildman–Crippen MR) is 126 cm³/mol. The monoisotopic (exact) mass is 459 g/mol. The Bertz CT molecular complexity index is 1360. The first-order valence-corrected chi connectivity index (χ1v) is 11.6. The molecule has 0 radical (unpaired) electrons. The summed E-state index contributed by atoms with van der Waals surface area (Å²) in [5.74, 6) is 0.0530. The third-order valence-electron chi connectivity index (χ3n) is 6.94. The van der Waals surface area contributed by atoms with Crippen molar-refractivity contribution < 1.29 is 14.2 Å². The number of ether oxygens (including phenoxy) is 1. The Morgan fingerprint density at radius 2 is 1.91 bits per heavy atom. The Labute approximate surface area is 196 Å². The Morgan fingerprint density at radius 3 is 2.62 bits per heavy atom. The van der Waals surface area contributed by atoms with E-state index in [-0.39, 0.29) is 11.4 Å². The van der Waals surface area contributed by atoms with Crippen LogP contribution in [0.15, 0.2) is 48.8 Å². The van der Waals surface area contributed by atoms with Crippen LogP contribution in [0.5, 0.6) is 5.75 Å². The molecule has 0 amide bonds. The molecule has 1 N–H and O–H groups in total. The van der Waals surface area contributed by atoms with E-state index in [1.165, 1.54) is 6.07 Å². The standard InChI is InChI=1S/C26H26FN5O2/c1-15-10-32-11-18(8-22(27)26(32)28-15)17-3-4-21(25(33)9-17)24-6-5-23(29-30-24)19-12-31(13-19)20-7-16(2)34-14-20/h3-6,8-11,16,19-20,33H,7,12-14H2,1-2H3. The molecule has 1 aromatic carbocycles. The lowest BCUT2D eigenvalue weighted by Gasteiger charge is -2.42. The minimum atomic E-state index is -0.403. The summed E-state index contributed by atoms with van der Waals surface area (Å²) in [4.78, 5) is 6.65. The first kappa shape index (κ1) is 21.2. The van der Waals surface area contributed by atoms with Crippen molar-refractivity contribution >= 4 is 5.65 Å². The molecule has 7 nitrogen and oxygen atoms in total. The van der Waals surface area contributed by atoms with Crippen molar-refractivity contribution in [3.05, 3.63) is 66.0 Å². The number of phenolic OH excluding ortho intramolecular Hbond substituents is 1. The second-order valence-corrected chi connectivity index (χ2v) is 9.45. The van der Waals surface area contributed by atoms with Crippen LogP contribution in [-0.4, -0.2) is 61.4 Å². The SMILES string of the molecule is Cc1cn2cc(-c3ccc(-c4ccc(C5CN(C6COC(C)C6)C5)nn4)c(O)c3)cc(F)c2n1. The lowest BCUT2D eigenvalue weighted by molar-refractivity contribution is 0.0683. The summed E-state index contributed by atoms with van der Waals surface area (Å²) in [5, 5.41) is 19.5. The van der Waals surface area contributed by atoms with Gasteiger partial charge in [0.15, 0.2) is 11.5 Å². The van der Waals surface area contributed by atoms with Crippen molar-refractivity contribution in [2.75, 3.05) is 19.7 Å². The van der Waals surface area contributed by atoms with E-state index in [1.54, 1.807) is 22.7 Å². The molecule has 2 aliphatic heterocycles. The molecule has 0 aliphatic carbocycles. The van der Waals surface area contributed by atoms with Gasteiger partial charge in [0.2, 0.25) is 0 Å². The highest BCUT2D eigenvalue weighted by Crippen LogP contribution is 2.35. The molecule has 3 aromatic heterocycles. The van der Waals surface area contributed by atoms with Crippen LogP contribution in [0, 0.1) is 12.7 Å². The van der Waals surface area contributed by atoms with Gasteiger partial charge >= 0.3 is 0 Å². The van der Waals surface area contributed by atoms with Gasteiger partial charge in [0, 0.05) is 48.6 Å². The minimum absolute atomic E-state index is 0.0760. The van der Waals surface area contributed by atoms with Crippen molar-refractivity contribution in [1.82, 2.24) is 24.5 Å². The second kappa shape index (κ2) is 8.14. The van der Waals surface area contributed by atoms with Gasteiger partial charge in [-0.1, -0.05) is 6.07 Å². The van der Waals surface area contributed by atoms with Crippen LogP contribution < -0.4 is 0 Å². The van der Waals surface area contributed by atoms with Gasteiger partial charge in [-0.3, -0.25) is 4.90 Å². The Kier molecular flexibility index (Phi) is 5.08. The first-order valence-electron chi connectivity index (χ1n) is 11.6. The zero-order valence-electron chi connectivity index (χ0n) is 19.1. The summed E-state index contributed by atoms with van der Waals surface area (Å²) in [5.41, 5.74) is 4.57. The molecule has 5 heterocycles. The highest BCUT2D eigenvalue weighted by Gasteiger charge is 2.37. The van der Waals surface area contributed by atoms with E-state index in [1.807, 2.05) is 31.3 Å². The largest absolute Gasteiger partial charge is 0.507 e. The number of phenols is 1. The lowest BCUT2D eigenvalue weighted by atomic mass is 9.93. The minimum Gasteiger partial charge on any atom is -0.507 e. The summed E-state index contributed by atoms with van der Waals surface area (Å²) in [6, 6.07) is 11.1. The molecule has 2 saturated heterocycles. The van der Waals surface area contributed by atoms with Crippen LogP contribution in [0.2, 0.25) is 0 Å². The van der Waals surface area contributed by atoms with Gasteiger partial charge in [-0.15, -0.1) is 0 Å². The van der Waals surface area contributed by atoms with Gasteiger partial charge < -0.3 is 14.2 Å². The number of aromatic hydroxyl groups is 1. The fourth-order valence-corrected chi connectivity index (χ4v) is 5.02. The number of aromatic nitrogens is 4. The molecule has 174 valence electrons. The zero-order valence-corrected chi connectivity index (χ0v) is 19.1. The van der Waals surface area contributed by atoms with Gasteiger partial charge in [-0.05, 0) is 56.2 Å². The van der Waals surface area contributed by atoms with Crippen molar-refractivity contribution in [2.24, 2.45) is 0 Å². The lowest BCUT2D eigenvalue weighted by Crippen LogP contribution is -2.51. The second-order valence-electron chi connectivity index (χ2n) is 9.45. The first-order chi connectivity index (χ1) is 16.4. The van der Waals surface area contributed by atoms with Crippen LogP contribution in [0.25, 0.3) is 28.0 Å². The average Bonchev–Trinajstić information content (AvgIpc) is 3.38. The van der Waals surface area contributed by atoms with Gasteiger partial charge in [0.1, 0.15) is 5.75 Å². The maximum absolute atomic E-state index is 14.5. The molecular formula is C26H26FN5O2. The van der Waals surface area contributed by atoms with Crippen LogP contribution in [0.3, 0.4) is 0 Å². The van der Waals surface area contributed by atoms with E-state index in [9.17, 15) is 9.50 Å². The molecule has 2 atom stereocenters.